The van der Waals surface area contributed by atoms with Crippen LogP contribution in [-0.2, 0) is 9.53 Å². The van der Waals surface area contributed by atoms with Crippen LogP contribution in [0.1, 0.15) is 32.6 Å². The number of rotatable bonds is 6. The first kappa shape index (κ1) is 12.7. The number of hydrogen-bond donors (Lipinski definition) is 0. The fourth-order valence-corrected chi connectivity index (χ4v) is 1.88. The van der Waals surface area contributed by atoms with E-state index in [0.717, 1.165) is 30.8 Å². The van der Waals surface area contributed by atoms with E-state index in [-0.39, 0.29) is 12.3 Å². The average molecular weight is 250 g/mol. The molecule has 0 saturated heterocycles. The maximum atomic E-state index is 11.1. The molecule has 0 unspecified atom stereocenters. The lowest BCUT2D eigenvalue weighted by atomic mass is 10.2. The van der Waals surface area contributed by atoms with Crippen molar-refractivity contribution in [2.75, 3.05) is 6.61 Å². The standard InChI is InChI=1S/C14H18O4/c1-2-16-13(15)9-5-6-10-14-17-11-7-3-4-8-12(11)18-14/h3-4,7-8,14H,2,5-6,9-10H2,1H3. The second-order valence-electron chi connectivity index (χ2n) is 4.16. The molecule has 1 aliphatic heterocycles. The van der Waals surface area contributed by atoms with Crippen LogP contribution in [-0.4, -0.2) is 18.9 Å². The molecule has 2 rings (SSSR count). The van der Waals surface area contributed by atoms with E-state index in [1.54, 1.807) is 0 Å². The van der Waals surface area contributed by atoms with Gasteiger partial charge in [-0.3, -0.25) is 4.79 Å². The third-order valence-corrected chi connectivity index (χ3v) is 2.74. The number of ether oxygens (including phenoxy) is 3. The van der Waals surface area contributed by atoms with Crippen molar-refractivity contribution in [2.24, 2.45) is 0 Å². The van der Waals surface area contributed by atoms with Gasteiger partial charge in [-0.1, -0.05) is 12.1 Å². The molecule has 0 spiro atoms. The molecule has 1 aromatic rings. The van der Waals surface area contributed by atoms with E-state index in [1.165, 1.54) is 0 Å². The van der Waals surface area contributed by atoms with Crippen molar-refractivity contribution < 1.29 is 19.0 Å². The molecule has 0 saturated carbocycles. The molecule has 4 heteroatoms. The molecule has 0 amide bonds. The molecule has 1 aromatic carbocycles. The molecule has 0 atom stereocenters. The summed E-state index contributed by atoms with van der Waals surface area (Å²) in [6, 6.07) is 7.64. The van der Waals surface area contributed by atoms with Crippen LogP contribution in [0.25, 0.3) is 0 Å². The Labute approximate surface area is 107 Å². The number of carbonyl (C=O) groups is 1. The predicted molar refractivity (Wildman–Crippen MR) is 66.6 cm³/mol. The summed E-state index contributed by atoms with van der Waals surface area (Å²) in [5.41, 5.74) is 0. The Morgan fingerprint density at radius 3 is 2.50 bits per heavy atom. The zero-order chi connectivity index (χ0) is 12.8. The number of fused-ring (bicyclic) bond motifs is 1. The van der Waals surface area contributed by atoms with Crippen LogP contribution in [0.5, 0.6) is 11.5 Å². The third-order valence-electron chi connectivity index (χ3n) is 2.74. The quantitative estimate of drug-likeness (QED) is 0.575. The van der Waals surface area contributed by atoms with Crippen LogP contribution in [0.2, 0.25) is 0 Å². The Balaban J connectivity index is 1.64. The highest BCUT2D eigenvalue weighted by Gasteiger charge is 2.22. The van der Waals surface area contributed by atoms with Gasteiger partial charge in [-0.2, -0.15) is 0 Å². The highest BCUT2D eigenvalue weighted by Crippen LogP contribution is 2.35. The fraction of sp³-hybridized carbons (Fsp3) is 0.500. The maximum absolute atomic E-state index is 11.1. The number of para-hydroxylation sites is 2. The number of unbranched alkanes of at least 4 members (excludes halogenated alkanes) is 1. The van der Waals surface area contributed by atoms with Crippen molar-refractivity contribution in [2.45, 2.75) is 38.9 Å². The summed E-state index contributed by atoms with van der Waals surface area (Å²) < 4.78 is 16.1. The van der Waals surface area contributed by atoms with Gasteiger partial charge in [0.05, 0.1) is 6.61 Å². The average Bonchev–Trinajstić information content (AvgIpc) is 2.77. The summed E-state index contributed by atoms with van der Waals surface area (Å²) in [7, 11) is 0. The highest BCUT2D eigenvalue weighted by atomic mass is 16.7. The highest BCUT2D eigenvalue weighted by molar-refractivity contribution is 5.69. The van der Waals surface area contributed by atoms with E-state index < -0.39 is 0 Å². The monoisotopic (exact) mass is 250 g/mol. The van der Waals surface area contributed by atoms with Gasteiger partial charge in [0.15, 0.2) is 11.5 Å². The summed E-state index contributed by atoms with van der Waals surface area (Å²) in [6.07, 6.45) is 2.72. The van der Waals surface area contributed by atoms with Gasteiger partial charge in [-0.15, -0.1) is 0 Å². The van der Waals surface area contributed by atoms with Crippen molar-refractivity contribution in [3.63, 3.8) is 0 Å². The Bertz CT molecular complexity index is 378. The Kier molecular flexibility index (Phi) is 4.45. The number of esters is 1. The Morgan fingerprint density at radius 2 is 1.89 bits per heavy atom. The summed E-state index contributed by atoms with van der Waals surface area (Å²) in [5.74, 6) is 1.47. The fourth-order valence-electron chi connectivity index (χ4n) is 1.88. The predicted octanol–water partition coefficient (Wildman–Crippen LogP) is 2.91. The largest absolute Gasteiger partial charge is 0.466 e. The zero-order valence-electron chi connectivity index (χ0n) is 10.6. The third kappa shape index (κ3) is 3.39. The van der Waals surface area contributed by atoms with E-state index >= 15 is 0 Å². The van der Waals surface area contributed by atoms with Crippen molar-refractivity contribution in [3.8, 4) is 11.5 Å². The van der Waals surface area contributed by atoms with Gasteiger partial charge < -0.3 is 14.2 Å². The minimum absolute atomic E-state index is 0.131. The van der Waals surface area contributed by atoms with Gasteiger partial charge in [0.1, 0.15) is 0 Å². The molecular weight excluding hydrogens is 232 g/mol. The molecule has 0 aliphatic carbocycles. The van der Waals surface area contributed by atoms with Crippen molar-refractivity contribution >= 4 is 5.97 Å². The molecule has 0 radical (unpaired) electrons. The van der Waals surface area contributed by atoms with E-state index in [4.69, 9.17) is 14.2 Å². The first-order valence-electron chi connectivity index (χ1n) is 6.37. The molecule has 98 valence electrons. The van der Waals surface area contributed by atoms with Crippen LogP contribution in [0.15, 0.2) is 24.3 Å². The van der Waals surface area contributed by atoms with Crippen LogP contribution < -0.4 is 9.47 Å². The first-order valence-corrected chi connectivity index (χ1v) is 6.37. The minimum atomic E-state index is -0.218. The topological polar surface area (TPSA) is 44.8 Å². The van der Waals surface area contributed by atoms with E-state index in [1.807, 2.05) is 31.2 Å². The molecule has 0 aromatic heterocycles. The smallest absolute Gasteiger partial charge is 0.305 e. The van der Waals surface area contributed by atoms with Crippen molar-refractivity contribution in [1.29, 1.82) is 0 Å². The molecule has 4 nitrogen and oxygen atoms in total. The van der Waals surface area contributed by atoms with Crippen LogP contribution in [0.3, 0.4) is 0 Å². The molecule has 1 heterocycles. The lowest BCUT2D eigenvalue weighted by Gasteiger charge is -2.09. The summed E-state index contributed by atoms with van der Waals surface area (Å²) in [6.45, 7) is 2.26. The van der Waals surface area contributed by atoms with Gasteiger partial charge in [-0.25, -0.2) is 0 Å². The molecule has 0 bridgehead atoms. The zero-order valence-corrected chi connectivity index (χ0v) is 10.6. The molecule has 0 fully saturated rings. The molecule has 1 aliphatic rings. The minimum Gasteiger partial charge on any atom is -0.466 e. The Morgan fingerprint density at radius 1 is 1.22 bits per heavy atom. The van der Waals surface area contributed by atoms with Gasteiger partial charge in [0.2, 0.25) is 6.29 Å². The molecule has 18 heavy (non-hydrogen) atoms. The lowest BCUT2D eigenvalue weighted by molar-refractivity contribution is -0.143. The van der Waals surface area contributed by atoms with Crippen LogP contribution in [0.4, 0.5) is 0 Å². The molecular formula is C14H18O4. The second-order valence-corrected chi connectivity index (χ2v) is 4.16. The SMILES string of the molecule is CCOC(=O)CCCCC1Oc2ccccc2O1. The van der Waals surface area contributed by atoms with E-state index in [9.17, 15) is 4.79 Å². The van der Waals surface area contributed by atoms with Crippen molar-refractivity contribution in [3.05, 3.63) is 24.3 Å². The van der Waals surface area contributed by atoms with Gasteiger partial charge in [-0.05, 0) is 31.9 Å². The Hall–Kier alpha value is -1.71. The van der Waals surface area contributed by atoms with Crippen LogP contribution >= 0.6 is 0 Å². The van der Waals surface area contributed by atoms with Gasteiger partial charge in [0.25, 0.3) is 0 Å². The summed E-state index contributed by atoms with van der Waals surface area (Å²) >= 11 is 0. The first-order chi connectivity index (χ1) is 8.79. The van der Waals surface area contributed by atoms with Gasteiger partial charge >= 0.3 is 5.97 Å². The van der Waals surface area contributed by atoms with Crippen LogP contribution in [0, 0.1) is 0 Å². The number of carbonyl (C=O) groups excluding carboxylic acids is 1. The number of benzene rings is 1. The number of hydrogen-bond acceptors (Lipinski definition) is 4. The second kappa shape index (κ2) is 6.28. The van der Waals surface area contributed by atoms with E-state index in [0.29, 0.717) is 13.0 Å². The van der Waals surface area contributed by atoms with Crippen molar-refractivity contribution in [1.82, 2.24) is 0 Å². The lowest BCUT2D eigenvalue weighted by Crippen LogP contribution is -2.17. The van der Waals surface area contributed by atoms with Gasteiger partial charge in [0, 0.05) is 12.8 Å². The maximum Gasteiger partial charge on any atom is 0.305 e. The van der Waals surface area contributed by atoms with E-state index in [2.05, 4.69) is 0 Å². The summed E-state index contributed by atoms with van der Waals surface area (Å²) in [4.78, 5) is 11.1. The molecule has 0 N–H and O–H groups in total. The summed E-state index contributed by atoms with van der Waals surface area (Å²) in [5, 5.41) is 0. The normalized spacial score (nSPS) is 13.6.